The Hall–Kier alpha value is -4.10. The van der Waals surface area contributed by atoms with Gasteiger partial charge in [0.25, 0.3) is 0 Å². The Morgan fingerprint density at radius 3 is 2.56 bits per heavy atom. The molecule has 5 aromatic rings. The molecule has 0 aliphatic rings. The van der Waals surface area contributed by atoms with E-state index in [1.165, 1.54) is 6.33 Å². The topological polar surface area (TPSA) is 87.8 Å². The highest BCUT2D eigenvalue weighted by Gasteiger charge is 2.13. The monoisotopic (exact) mass is 442 g/mol. The van der Waals surface area contributed by atoms with Gasteiger partial charge in [0.05, 0.1) is 0 Å². The highest BCUT2D eigenvalue weighted by molar-refractivity contribution is 6.30. The molecule has 5 rings (SSSR count). The molecule has 3 aromatic carbocycles. The van der Waals surface area contributed by atoms with E-state index in [1.807, 2.05) is 78.9 Å². The molecule has 0 spiro atoms. The number of para-hydroxylation sites is 1. The maximum Gasteiger partial charge on any atom is 0.162 e. The number of ether oxygens (including phenoxy) is 1. The van der Waals surface area contributed by atoms with E-state index in [4.69, 9.17) is 16.3 Å². The number of hydrogen-bond acceptors (Lipinski definition) is 6. The van der Waals surface area contributed by atoms with Gasteiger partial charge in [-0.2, -0.15) is 5.10 Å². The van der Waals surface area contributed by atoms with Crippen molar-refractivity contribution in [2.24, 2.45) is 0 Å². The zero-order valence-corrected chi connectivity index (χ0v) is 17.7. The third-order valence-corrected chi connectivity index (χ3v) is 5.02. The second-order valence-electron chi connectivity index (χ2n) is 7.07. The van der Waals surface area contributed by atoms with Gasteiger partial charge in [-0.25, -0.2) is 9.97 Å². The Morgan fingerprint density at radius 1 is 0.844 bits per heavy atom. The first-order chi connectivity index (χ1) is 15.7. The van der Waals surface area contributed by atoms with Crippen molar-refractivity contribution in [2.45, 2.75) is 6.54 Å². The molecule has 0 fully saturated rings. The second-order valence-corrected chi connectivity index (χ2v) is 7.51. The van der Waals surface area contributed by atoms with E-state index in [0.717, 1.165) is 28.1 Å². The highest BCUT2D eigenvalue weighted by Crippen LogP contribution is 2.29. The maximum atomic E-state index is 6.11. The fourth-order valence-corrected chi connectivity index (χ4v) is 3.50. The first-order valence-electron chi connectivity index (χ1n) is 10.0. The van der Waals surface area contributed by atoms with Gasteiger partial charge >= 0.3 is 0 Å². The molecule has 0 saturated carbocycles. The lowest BCUT2D eigenvalue weighted by molar-refractivity contribution is 0.482. The molecule has 2 aromatic heterocycles. The van der Waals surface area contributed by atoms with Crippen LogP contribution in [0.5, 0.6) is 11.5 Å². The summed E-state index contributed by atoms with van der Waals surface area (Å²) in [5.41, 5.74) is 2.51. The summed E-state index contributed by atoms with van der Waals surface area (Å²) in [6.07, 6.45) is 1.49. The summed E-state index contributed by atoms with van der Waals surface area (Å²) < 4.78 is 5.93. The van der Waals surface area contributed by atoms with Crippen LogP contribution in [0.15, 0.2) is 85.2 Å². The van der Waals surface area contributed by atoms with E-state index in [-0.39, 0.29) is 0 Å². The van der Waals surface area contributed by atoms with Crippen molar-refractivity contribution in [3.05, 3.63) is 95.8 Å². The Morgan fingerprint density at radius 2 is 1.69 bits per heavy atom. The van der Waals surface area contributed by atoms with Crippen molar-refractivity contribution < 1.29 is 4.74 Å². The van der Waals surface area contributed by atoms with E-state index in [9.17, 15) is 0 Å². The lowest BCUT2D eigenvalue weighted by Gasteiger charge is -2.10. The quantitative estimate of drug-likeness (QED) is 0.280. The predicted octanol–water partition coefficient (Wildman–Crippen LogP) is 6.15. The summed E-state index contributed by atoms with van der Waals surface area (Å²) in [4.78, 5) is 8.68. The van der Waals surface area contributed by atoms with Gasteiger partial charge in [-0.15, -0.1) is 0 Å². The lowest BCUT2D eigenvalue weighted by Crippen LogP contribution is -2.02. The van der Waals surface area contributed by atoms with Crippen molar-refractivity contribution in [1.29, 1.82) is 0 Å². The van der Waals surface area contributed by atoms with Gasteiger partial charge in [-0.3, -0.25) is 5.10 Å². The summed E-state index contributed by atoms with van der Waals surface area (Å²) in [7, 11) is 0. The molecule has 0 amide bonds. The number of rotatable bonds is 7. The number of fused-ring (bicyclic) bond motifs is 1. The van der Waals surface area contributed by atoms with Gasteiger partial charge in [-0.05, 0) is 48.0 Å². The Balaban J connectivity index is 1.35. The van der Waals surface area contributed by atoms with E-state index in [2.05, 4.69) is 30.8 Å². The van der Waals surface area contributed by atoms with Crippen molar-refractivity contribution >= 4 is 40.0 Å². The molecular formula is C24H19ClN6O. The molecule has 32 heavy (non-hydrogen) atoms. The molecule has 8 heteroatoms. The van der Waals surface area contributed by atoms with E-state index >= 15 is 0 Å². The molecule has 0 bridgehead atoms. The maximum absolute atomic E-state index is 6.11. The van der Waals surface area contributed by atoms with Gasteiger partial charge < -0.3 is 15.4 Å². The Labute approximate surface area is 189 Å². The van der Waals surface area contributed by atoms with Crippen molar-refractivity contribution in [3.8, 4) is 11.5 Å². The number of nitrogens with one attached hydrogen (secondary N) is 3. The molecule has 0 aliphatic carbocycles. The summed E-state index contributed by atoms with van der Waals surface area (Å²) in [6.45, 7) is 0.553. The van der Waals surface area contributed by atoms with E-state index in [0.29, 0.717) is 28.9 Å². The average molecular weight is 443 g/mol. The molecule has 0 atom stereocenters. The average Bonchev–Trinajstić information content (AvgIpc) is 3.23. The standard InChI is InChI=1S/C24H19ClN6O/c25-17-7-5-8-18(13-17)29-22-21-23(30-31-24(21)28-15-27-22)26-14-16-6-4-11-20(12-16)32-19-9-2-1-3-10-19/h1-13,15H,14H2,(H3,26,27,28,29,30,31). The number of aromatic nitrogens is 4. The van der Waals surface area contributed by atoms with Crippen LogP contribution >= 0.6 is 11.6 Å². The fourth-order valence-electron chi connectivity index (χ4n) is 3.31. The second kappa shape index (κ2) is 8.95. The van der Waals surface area contributed by atoms with E-state index in [1.54, 1.807) is 0 Å². The summed E-state index contributed by atoms with van der Waals surface area (Å²) >= 11 is 6.11. The summed E-state index contributed by atoms with van der Waals surface area (Å²) in [6, 6.07) is 25.1. The predicted molar refractivity (Wildman–Crippen MR) is 127 cm³/mol. The molecule has 3 N–H and O–H groups in total. The molecular weight excluding hydrogens is 424 g/mol. The zero-order chi connectivity index (χ0) is 21.8. The number of halogens is 1. The van der Waals surface area contributed by atoms with Crippen LogP contribution < -0.4 is 15.4 Å². The third kappa shape index (κ3) is 4.48. The number of H-pyrrole nitrogens is 1. The Kier molecular flexibility index (Phi) is 5.55. The van der Waals surface area contributed by atoms with Crippen LogP contribution in [0.4, 0.5) is 17.3 Å². The van der Waals surface area contributed by atoms with E-state index < -0.39 is 0 Å². The minimum atomic E-state index is 0.553. The molecule has 7 nitrogen and oxygen atoms in total. The van der Waals surface area contributed by atoms with Crippen molar-refractivity contribution in [1.82, 2.24) is 20.2 Å². The van der Waals surface area contributed by atoms with Gasteiger partial charge in [-0.1, -0.05) is 48.0 Å². The van der Waals surface area contributed by atoms with Crippen molar-refractivity contribution in [3.63, 3.8) is 0 Å². The number of anilines is 3. The molecule has 0 radical (unpaired) electrons. The molecule has 158 valence electrons. The van der Waals surface area contributed by atoms with Crippen LogP contribution in [0.25, 0.3) is 11.0 Å². The molecule has 2 heterocycles. The third-order valence-electron chi connectivity index (χ3n) is 4.78. The molecule has 0 unspecified atom stereocenters. The fraction of sp³-hybridized carbons (Fsp3) is 0.0417. The number of aromatic amines is 1. The molecule has 0 saturated heterocycles. The number of nitrogens with zero attached hydrogens (tertiary/aromatic N) is 3. The Bertz CT molecular complexity index is 1360. The smallest absolute Gasteiger partial charge is 0.162 e. The normalized spacial score (nSPS) is 10.8. The summed E-state index contributed by atoms with van der Waals surface area (Å²) in [5, 5.41) is 15.4. The molecule has 0 aliphatic heterocycles. The zero-order valence-electron chi connectivity index (χ0n) is 16.9. The SMILES string of the molecule is Clc1cccc(Nc2ncnc3[nH]nc(NCc4cccc(Oc5ccccc5)c4)c23)c1. The van der Waals surface area contributed by atoms with Crippen LogP contribution in [0.2, 0.25) is 5.02 Å². The largest absolute Gasteiger partial charge is 0.457 e. The van der Waals surface area contributed by atoms with Gasteiger partial charge in [0.15, 0.2) is 11.5 Å². The van der Waals surface area contributed by atoms with Gasteiger partial charge in [0.1, 0.15) is 29.0 Å². The van der Waals surface area contributed by atoms with Crippen LogP contribution in [0, 0.1) is 0 Å². The highest BCUT2D eigenvalue weighted by atomic mass is 35.5. The lowest BCUT2D eigenvalue weighted by atomic mass is 10.2. The number of hydrogen-bond donors (Lipinski definition) is 3. The van der Waals surface area contributed by atoms with Crippen LogP contribution in [0.1, 0.15) is 5.56 Å². The number of benzene rings is 3. The minimum absolute atomic E-state index is 0.553. The minimum Gasteiger partial charge on any atom is -0.457 e. The first-order valence-corrected chi connectivity index (χ1v) is 10.4. The van der Waals surface area contributed by atoms with Gasteiger partial charge in [0.2, 0.25) is 0 Å². The first kappa shape index (κ1) is 19.8. The van der Waals surface area contributed by atoms with Gasteiger partial charge in [0, 0.05) is 17.3 Å². The van der Waals surface area contributed by atoms with Crippen molar-refractivity contribution in [2.75, 3.05) is 10.6 Å². The van der Waals surface area contributed by atoms with Crippen LogP contribution in [0.3, 0.4) is 0 Å². The van der Waals surface area contributed by atoms with Crippen LogP contribution in [-0.2, 0) is 6.54 Å². The summed E-state index contributed by atoms with van der Waals surface area (Å²) in [5.74, 6) is 2.85. The van der Waals surface area contributed by atoms with Crippen LogP contribution in [-0.4, -0.2) is 20.2 Å².